The fraction of sp³-hybridized carbons (Fsp3) is 1.00. The minimum absolute atomic E-state index is 0.826. The molecule has 0 bridgehead atoms. The normalized spacial score (nSPS) is 24.8. The van der Waals surface area contributed by atoms with Crippen LogP contribution in [0.25, 0.3) is 0 Å². The van der Waals surface area contributed by atoms with Crippen LogP contribution in [0, 0.1) is 0 Å². The zero-order valence-electron chi connectivity index (χ0n) is 8.32. The van der Waals surface area contributed by atoms with Gasteiger partial charge in [-0.2, -0.15) is 0 Å². The summed E-state index contributed by atoms with van der Waals surface area (Å²) in [6.45, 7) is 7.52. The molecule has 1 N–H and O–H groups in total. The molecule has 0 aromatic carbocycles. The van der Waals surface area contributed by atoms with Crippen LogP contribution in [-0.2, 0) is 0 Å². The fourth-order valence-electron chi connectivity index (χ4n) is 1.45. The molecule has 1 rings (SSSR count). The first-order valence-electron chi connectivity index (χ1n) is 5.17. The van der Waals surface area contributed by atoms with Crippen LogP contribution in [0.5, 0.6) is 0 Å². The van der Waals surface area contributed by atoms with Crippen molar-refractivity contribution < 1.29 is 0 Å². The van der Waals surface area contributed by atoms with E-state index in [-0.39, 0.29) is 0 Å². The molecule has 1 unspecified atom stereocenters. The van der Waals surface area contributed by atoms with E-state index in [1.54, 1.807) is 0 Å². The average molecular weight is 157 g/mol. The maximum atomic E-state index is 3.53. The first-order valence-corrected chi connectivity index (χ1v) is 5.17. The van der Waals surface area contributed by atoms with Gasteiger partial charge in [-0.15, -0.1) is 0 Å². The van der Waals surface area contributed by atoms with Crippen molar-refractivity contribution >= 4 is 0 Å². The van der Waals surface area contributed by atoms with Crippen molar-refractivity contribution in [3.63, 3.8) is 0 Å². The SMILES string of the molecule is CC.CCC1CCCCCN1. The van der Waals surface area contributed by atoms with Crippen LogP contribution < -0.4 is 5.32 Å². The zero-order valence-corrected chi connectivity index (χ0v) is 8.32. The Morgan fingerprint density at radius 2 is 1.91 bits per heavy atom. The van der Waals surface area contributed by atoms with E-state index in [9.17, 15) is 0 Å². The maximum absolute atomic E-state index is 3.53. The summed E-state index contributed by atoms with van der Waals surface area (Å²) in [5.74, 6) is 0. The summed E-state index contributed by atoms with van der Waals surface area (Å²) in [5.41, 5.74) is 0. The van der Waals surface area contributed by atoms with Crippen molar-refractivity contribution in [1.82, 2.24) is 5.32 Å². The smallest absolute Gasteiger partial charge is 0.00644 e. The van der Waals surface area contributed by atoms with Gasteiger partial charge < -0.3 is 5.32 Å². The topological polar surface area (TPSA) is 12.0 Å². The second-order valence-corrected chi connectivity index (χ2v) is 2.91. The third kappa shape index (κ3) is 5.25. The Balaban J connectivity index is 0.000000461. The number of rotatable bonds is 1. The lowest BCUT2D eigenvalue weighted by atomic mass is 10.1. The van der Waals surface area contributed by atoms with Gasteiger partial charge in [0.1, 0.15) is 0 Å². The Labute approximate surface area is 71.6 Å². The summed E-state index contributed by atoms with van der Waals surface area (Å²) in [7, 11) is 0. The molecule has 1 aliphatic heterocycles. The zero-order chi connectivity index (χ0) is 8.53. The van der Waals surface area contributed by atoms with Crippen LogP contribution in [0.1, 0.15) is 52.9 Å². The Morgan fingerprint density at radius 3 is 2.55 bits per heavy atom. The van der Waals surface area contributed by atoms with Gasteiger partial charge in [0.05, 0.1) is 0 Å². The van der Waals surface area contributed by atoms with Gasteiger partial charge in [-0.1, -0.05) is 33.6 Å². The van der Waals surface area contributed by atoms with Crippen molar-refractivity contribution in [3.8, 4) is 0 Å². The second kappa shape index (κ2) is 8.06. The molecule has 1 saturated heterocycles. The predicted molar refractivity (Wildman–Crippen MR) is 51.9 cm³/mol. The standard InChI is InChI=1S/C8H17N.C2H6/c1-2-8-6-4-3-5-7-9-8;1-2/h8-9H,2-7H2,1H3;1-2H3. The van der Waals surface area contributed by atoms with Crippen molar-refractivity contribution in [3.05, 3.63) is 0 Å². The van der Waals surface area contributed by atoms with Gasteiger partial charge in [0, 0.05) is 6.04 Å². The number of hydrogen-bond acceptors (Lipinski definition) is 1. The molecule has 0 aliphatic carbocycles. The van der Waals surface area contributed by atoms with Crippen LogP contribution in [0.2, 0.25) is 0 Å². The van der Waals surface area contributed by atoms with Crippen LogP contribution in [0.15, 0.2) is 0 Å². The van der Waals surface area contributed by atoms with Gasteiger partial charge in [-0.25, -0.2) is 0 Å². The van der Waals surface area contributed by atoms with Gasteiger partial charge in [-0.3, -0.25) is 0 Å². The van der Waals surface area contributed by atoms with Gasteiger partial charge in [0.25, 0.3) is 0 Å². The van der Waals surface area contributed by atoms with Crippen molar-refractivity contribution in [2.24, 2.45) is 0 Å². The second-order valence-electron chi connectivity index (χ2n) is 2.91. The molecule has 1 aliphatic rings. The Bertz CT molecular complexity index is 63.3. The minimum atomic E-state index is 0.826. The first kappa shape index (κ1) is 11.0. The van der Waals surface area contributed by atoms with E-state index in [0.717, 1.165) is 6.04 Å². The van der Waals surface area contributed by atoms with Gasteiger partial charge in [0.15, 0.2) is 0 Å². The van der Waals surface area contributed by atoms with E-state index in [1.807, 2.05) is 13.8 Å². The highest BCUT2D eigenvalue weighted by molar-refractivity contribution is 4.68. The quantitative estimate of drug-likeness (QED) is 0.617. The van der Waals surface area contributed by atoms with Crippen LogP contribution in [-0.4, -0.2) is 12.6 Å². The van der Waals surface area contributed by atoms with Crippen molar-refractivity contribution in [2.75, 3.05) is 6.54 Å². The van der Waals surface area contributed by atoms with Gasteiger partial charge in [-0.05, 0) is 25.8 Å². The van der Waals surface area contributed by atoms with Crippen molar-refractivity contribution in [1.29, 1.82) is 0 Å². The molecule has 0 radical (unpaired) electrons. The van der Waals surface area contributed by atoms with E-state index >= 15 is 0 Å². The lowest BCUT2D eigenvalue weighted by molar-refractivity contribution is 0.497. The molecule has 1 heterocycles. The predicted octanol–water partition coefficient (Wildman–Crippen LogP) is 2.95. The summed E-state index contributed by atoms with van der Waals surface area (Å²) in [5, 5.41) is 3.53. The summed E-state index contributed by atoms with van der Waals surface area (Å²) in [4.78, 5) is 0. The summed E-state index contributed by atoms with van der Waals surface area (Å²) < 4.78 is 0. The van der Waals surface area contributed by atoms with Gasteiger partial charge in [0.2, 0.25) is 0 Å². The molecular formula is C10H23N. The van der Waals surface area contributed by atoms with E-state index in [0.29, 0.717) is 0 Å². The van der Waals surface area contributed by atoms with Gasteiger partial charge >= 0.3 is 0 Å². The summed E-state index contributed by atoms with van der Waals surface area (Å²) >= 11 is 0. The van der Waals surface area contributed by atoms with E-state index in [2.05, 4.69) is 12.2 Å². The fourth-order valence-corrected chi connectivity index (χ4v) is 1.45. The average Bonchev–Trinajstić information content (AvgIpc) is 2.35. The Hall–Kier alpha value is -0.0400. The third-order valence-corrected chi connectivity index (χ3v) is 2.16. The highest BCUT2D eigenvalue weighted by Gasteiger charge is 2.07. The molecule has 1 nitrogen and oxygen atoms in total. The highest BCUT2D eigenvalue weighted by Crippen LogP contribution is 2.09. The lowest BCUT2D eigenvalue weighted by Crippen LogP contribution is -2.26. The Morgan fingerprint density at radius 1 is 1.18 bits per heavy atom. The monoisotopic (exact) mass is 157 g/mol. The largest absolute Gasteiger partial charge is 0.314 e. The molecule has 0 saturated carbocycles. The van der Waals surface area contributed by atoms with E-state index in [1.165, 1.54) is 38.6 Å². The molecule has 0 aromatic rings. The molecule has 0 amide bonds. The number of hydrogen-bond donors (Lipinski definition) is 1. The highest BCUT2D eigenvalue weighted by atomic mass is 14.9. The van der Waals surface area contributed by atoms with Crippen LogP contribution in [0.3, 0.4) is 0 Å². The third-order valence-electron chi connectivity index (χ3n) is 2.16. The molecule has 11 heavy (non-hydrogen) atoms. The molecule has 1 heteroatoms. The van der Waals surface area contributed by atoms with Crippen molar-refractivity contribution in [2.45, 2.75) is 58.9 Å². The summed E-state index contributed by atoms with van der Waals surface area (Å²) in [6, 6.07) is 0.826. The summed E-state index contributed by atoms with van der Waals surface area (Å²) in [6.07, 6.45) is 6.96. The van der Waals surface area contributed by atoms with E-state index < -0.39 is 0 Å². The first-order chi connectivity index (χ1) is 5.43. The molecule has 0 aromatic heterocycles. The Kier molecular flexibility index (Phi) is 8.03. The number of nitrogens with one attached hydrogen (secondary N) is 1. The molecule has 68 valence electrons. The van der Waals surface area contributed by atoms with Crippen LogP contribution >= 0.6 is 0 Å². The van der Waals surface area contributed by atoms with Crippen LogP contribution in [0.4, 0.5) is 0 Å². The minimum Gasteiger partial charge on any atom is -0.314 e. The maximum Gasteiger partial charge on any atom is 0.00644 e. The lowest BCUT2D eigenvalue weighted by Gasteiger charge is -2.11. The molecule has 1 fully saturated rings. The molecular weight excluding hydrogens is 134 g/mol. The van der Waals surface area contributed by atoms with E-state index in [4.69, 9.17) is 0 Å². The molecule has 1 atom stereocenters. The molecule has 0 spiro atoms.